The summed E-state index contributed by atoms with van der Waals surface area (Å²) in [6, 6.07) is -0.473. The maximum absolute atomic E-state index is 11.2. The number of aliphatic carboxylic acids is 1. The van der Waals surface area contributed by atoms with Gasteiger partial charge in [0.15, 0.2) is 0 Å². The third kappa shape index (κ3) is 7.47. The largest absolute Gasteiger partial charge is 0.480 e. The van der Waals surface area contributed by atoms with Crippen LogP contribution in [0.3, 0.4) is 0 Å². The van der Waals surface area contributed by atoms with Gasteiger partial charge >= 0.3 is 5.97 Å². The quantitative estimate of drug-likeness (QED) is 0.600. The molecule has 0 aliphatic carbocycles. The van der Waals surface area contributed by atoms with E-state index in [9.17, 15) is 9.90 Å². The van der Waals surface area contributed by atoms with E-state index in [2.05, 4.69) is 12.2 Å². The molecule has 1 aliphatic rings. The third-order valence-corrected chi connectivity index (χ3v) is 4.32. The number of rotatable bonds is 10. The van der Waals surface area contributed by atoms with Crippen molar-refractivity contribution in [2.45, 2.75) is 51.4 Å². The standard InChI is InChI=1S/C14H27NO4S/c1-3-4-5-6-15-13(14(16)17)10-20-9-12-8-18-7-11(2)19-12/h11-13,15H,3-10H2,1-2H3,(H,16,17)/t11-,12+,13?/m0/s1. The van der Waals surface area contributed by atoms with Crippen LogP contribution in [0.15, 0.2) is 0 Å². The molecule has 0 amide bonds. The Morgan fingerprint density at radius 1 is 1.45 bits per heavy atom. The van der Waals surface area contributed by atoms with Gasteiger partial charge < -0.3 is 19.9 Å². The number of carboxylic acids is 1. The molecule has 118 valence electrons. The van der Waals surface area contributed by atoms with Gasteiger partial charge in [-0.05, 0) is 19.9 Å². The van der Waals surface area contributed by atoms with E-state index in [-0.39, 0.29) is 12.2 Å². The number of nitrogens with one attached hydrogen (secondary N) is 1. The molecule has 1 heterocycles. The van der Waals surface area contributed by atoms with Crippen LogP contribution in [-0.4, -0.2) is 60.6 Å². The fraction of sp³-hybridized carbons (Fsp3) is 0.929. The van der Waals surface area contributed by atoms with E-state index in [1.165, 1.54) is 0 Å². The van der Waals surface area contributed by atoms with Crippen LogP contribution in [0.1, 0.15) is 33.1 Å². The van der Waals surface area contributed by atoms with Crippen molar-refractivity contribution in [1.82, 2.24) is 5.32 Å². The van der Waals surface area contributed by atoms with E-state index in [4.69, 9.17) is 9.47 Å². The van der Waals surface area contributed by atoms with Crippen LogP contribution in [0.5, 0.6) is 0 Å². The highest BCUT2D eigenvalue weighted by atomic mass is 32.2. The van der Waals surface area contributed by atoms with Crippen LogP contribution in [0, 0.1) is 0 Å². The first-order chi connectivity index (χ1) is 9.63. The predicted octanol–water partition coefficient (Wildman–Crippen LogP) is 1.76. The molecule has 2 N–H and O–H groups in total. The lowest BCUT2D eigenvalue weighted by molar-refractivity contribution is -0.138. The number of carboxylic acid groups (broad SMARTS) is 1. The van der Waals surface area contributed by atoms with Crippen molar-refractivity contribution in [2.24, 2.45) is 0 Å². The molecule has 0 aromatic rings. The summed E-state index contributed by atoms with van der Waals surface area (Å²) in [6.45, 7) is 6.16. The van der Waals surface area contributed by atoms with Crippen LogP contribution in [0.2, 0.25) is 0 Å². The van der Waals surface area contributed by atoms with Crippen LogP contribution in [-0.2, 0) is 14.3 Å². The van der Waals surface area contributed by atoms with Gasteiger partial charge in [0.2, 0.25) is 0 Å². The molecular weight excluding hydrogens is 278 g/mol. The van der Waals surface area contributed by atoms with Crippen molar-refractivity contribution in [2.75, 3.05) is 31.3 Å². The molecule has 6 heteroatoms. The summed E-state index contributed by atoms with van der Waals surface area (Å²) in [4.78, 5) is 11.2. The zero-order chi connectivity index (χ0) is 14.8. The van der Waals surface area contributed by atoms with Gasteiger partial charge in [-0.25, -0.2) is 0 Å². The van der Waals surface area contributed by atoms with Crippen LogP contribution < -0.4 is 5.32 Å². The van der Waals surface area contributed by atoms with Gasteiger partial charge in [-0.15, -0.1) is 0 Å². The minimum atomic E-state index is -0.775. The number of hydrogen-bond donors (Lipinski definition) is 2. The Kier molecular flexibility index (Phi) is 9.26. The lowest BCUT2D eigenvalue weighted by atomic mass is 10.2. The van der Waals surface area contributed by atoms with Crippen LogP contribution >= 0.6 is 11.8 Å². The molecule has 3 atom stereocenters. The summed E-state index contributed by atoms with van der Waals surface area (Å²) in [5.74, 6) is 0.573. The Bertz CT molecular complexity index is 278. The molecule has 1 saturated heterocycles. The average Bonchev–Trinajstić information content (AvgIpc) is 2.41. The fourth-order valence-electron chi connectivity index (χ4n) is 2.05. The first-order valence-corrected chi connectivity index (χ1v) is 8.56. The molecule has 0 spiro atoms. The molecule has 1 unspecified atom stereocenters. The molecule has 0 radical (unpaired) electrons. The van der Waals surface area contributed by atoms with Gasteiger partial charge in [0.25, 0.3) is 0 Å². The van der Waals surface area contributed by atoms with Gasteiger partial charge in [-0.2, -0.15) is 11.8 Å². The van der Waals surface area contributed by atoms with Gasteiger partial charge in [0.05, 0.1) is 25.4 Å². The third-order valence-electron chi connectivity index (χ3n) is 3.14. The van der Waals surface area contributed by atoms with E-state index in [0.29, 0.717) is 19.0 Å². The van der Waals surface area contributed by atoms with E-state index >= 15 is 0 Å². The van der Waals surface area contributed by atoms with Gasteiger partial charge in [-0.3, -0.25) is 4.79 Å². The molecule has 5 nitrogen and oxygen atoms in total. The van der Waals surface area contributed by atoms with E-state index < -0.39 is 12.0 Å². The SMILES string of the molecule is CCCCCNC(CSC[C@H]1COC[C@H](C)O1)C(=O)O. The predicted molar refractivity (Wildman–Crippen MR) is 81.4 cm³/mol. The number of thioether (sulfide) groups is 1. The smallest absolute Gasteiger partial charge is 0.321 e. The summed E-state index contributed by atoms with van der Waals surface area (Å²) in [7, 11) is 0. The Labute approximate surface area is 125 Å². The molecule has 1 aliphatic heterocycles. The van der Waals surface area contributed by atoms with Crippen molar-refractivity contribution in [3.8, 4) is 0 Å². The first kappa shape index (κ1) is 17.8. The van der Waals surface area contributed by atoms with Crippen LogP contribution in [0.4, 0.5) is 0 Å². The maximum Gasteiger partial charge on any atom is 0.321 e. The summed E-state index contributed by atoms with van der Waals surface area (Å²) in [6.07, 6.45) is 3.53. The van der Waals surface area contributed by atoms with Gasteiger partial charge in [-0.1, -0.05) is 19.8 Å². The highest BCUT2D eigenvalue weighted by Crippen LogP contribution is 2.14. The molecule has 0 aromatic carbocycles. The number of unbranched alkanes of at least 4 members (excludes halogenated alkanes) is 2. The maximum atomic E-state index is 11.2. The molecule has 1 rings (SSSR count). The topological polar surface area (TPSA) is 67.8 Å². The lowest BCUT2D eigenvalue weighted by Gasteiger charge is -2.28. The summed E-state index contributed by atoms with van der Waals surface area (Å²) >= 11 is 1.61. The van der Waals surface area contributed by atoms with Crippen molar-refractivity contribution in [3.05, 3.63) is 0 Å². The van der Waals surface area contributed by atoms with Crippen molar-refractivity contribution >= 4 is 17.7 Å². The summed E-state index contributed by atoms with van der Waals surface area (Å²) in [5.41, 5.74) is 0. The molecule has 20 heavy (non-hydrogen) atoms. The monoisotopic (exact) mass is 305 g/mol. The Morgan fingerprint density at radius 2 is 2.25 bits per heavy atom. The second kappa shape index (κ2) is 10.4. The number of carbonyl (C=O) groups is 1. The zero-order valence-corrected chi connectivity index (χ0v) is 13.3. The minimum absolute atomic E-state index is 0.0817. The fourth-order valence-corrected chi connectivity index (χ4v) is 3.12. The normalized spacial score (nSPS) is 24.5. The number of ether oxygens (including phenoxy) is 2. The van der Waals surface area contributed by atoms with Crippen molar-refractivity contribution in [3.63, 3.8) is 0 Å². The average molecular weight is 305 g/mol. The number of hydrogen-bond acceptors (Lipinski definition) is 5. The molecule has 1 fully saturated rings. The lowest BCUT2D eigenvalue weighted by Crippen LogP contribution is -2.40. The highest BCUT2D eigenvalue weighted by Gasteiger charge is 2.21. The molecule has 0 bridgehead atoms. The summed E-state index contributed by atoms with van der Waals surface area (Å²) in [5, 5.41) is 12.3. The Hall–Kier alpha value is -0.300. The second-order valence-electron chi connectivity index (χ2n) is 5.20. The van der Waals surface area contributed by atoms with Gasteiger partial charge in [0.1, 0.15) is 6.04 Å². The van der Waals surface area contributed by atoms with E-state index in [1.54, 1.807) is 11.8 Å². The summed E-state index contributed by atoms with van der Waals surface area (Å²) < 4.78 is 11.1. The minimum Gasteiger partial charge on any atom is -0.480 e. The van der Waals surface area contributed by atoms with Gasteiger partial charge in [0, 0.05) is 11.5 Å². The van der Waals surface area contributed by atoms with Crippen LogP contribution in [0.25, 0.3) is 0 Å². The zero-order valence-electron chi connectivity index (χ0n) is 12.5. The van der Waals surface area contributed by atoms with Crippen molar-refractivity contribution in [1.29, 1.82) is 0 Å². The second-order valence-corrected chi connectivity index (χ2v) is 6.27. The molecule has 0 saturated carbocycles. The van der Waals surface area contributed by atoms with E-state index in [0.717, 1.165) is 31.6 Å². The molecule has 0 aromatic heterocycles. The Morgan fingerprint density at radius 3 is 2.90 bits per heavy atom. The first-order valence-electron chi connectivity index (χ1n) is 7.40. The molecular formula is C14H27NO4S. The van der Waals surface area contributed by atoms with Crippen molar-refractivity contribution < 1.29 is 19.4 Å². The Balaban J connectivity index is 2.16. The highest BCUT2D eigenvalue weighted by molar-refractivity contribution is 7.99. The van der Waals surface area contributed by atoms with E-state index in [1.807, 2.05) is 6.92 Å².